The molecule has 1 fully saturated rings. The number of aryl methyl sites for hydroxylation is 1. The van der Waals surface area contributed by atoms with Crippen LogP contribution in [0.2, 0.25) is 0 Å². The van der Waals surface area contributed by atoms with Gasteiger partial charge >= 0.3 is 5.97 Å². The molecule has 2 heterocycles. The molecule has 1 aliphatic rings. The predicted molar refractivity (Wildman–Crippen MR) is 59.5 cm³/mol. The molecule has 0 radical (unpaired) electrons. The molecule has 1 N–H and O–H groups in total. The maximum atomic E-state index is 10.4. The van der Waals surface area contributed by atoms with Crippen molar-refractivity contribution < 1.29 is 9.90 Å². The van der Waals surface area contributed by atoms with Gasteiger partial charge in [-0.1, -0.05) is 0 Å². The fraction of sp³-hybridized carbons (Fsp3) is 0.600. The van der Waals surface area contributed by atoms with Gasteiger partial charge in [-0.05, 0) is 19.3 Å². The lowest BCUT2D eigenvalue weighted by Crippen LogP contribution is -2.16. The van der Waals surface area contributed by atoms with E-state index in [4.69, 9.17) is 5.11 Å². The number of carboxylic acids is 1. The summed E-state index contributed by atoms with van der Waals surface area (Å²) in [5.41, 5.74) is 0. The van der Waals surface area contributed by atoms with Crippen LogP contribution in [0.4, 0.5) is 5.13 Å². The molecule has 0 aromatic carbocycles. The first kappa shape index (κ1) is 10.4. The normalized spacial score (nSPS) is 15.9. The average molecular weight is 226 g/mol. The van der Waals surface area contributed by atoms with Crippen LogP contribution >= 0.6 is 11.3 Å². The first-order valence-corrected chi connectivity index (χ1v) is 5.99. The van der Waals surface area contributed by atoms with Crippen LogP contribution in [0.15, 0.2) is 6.20 Å². The molecule has 4 nitrogen and oxygen atoms in total. The summed E-state index contributed by atoms with van der Waals surface area (Å²) < 4.78 is 0. The van der Waals surface area contributed by atoms with E-state index in [0.29, 0.717) is 6.42 Å². The zero-order chi connectivity index (χ0) is 10.7. The smallest absolute Gasteiger partial charge is 0.303 e. The van der Waals surface area contributed by atoms with Crippen molar-refractivity contribution in [2.45, 2.75) is 25.7 Å². The van der Waals surface area contributed by atoms with E-state index in [-0.39, 0.29) is 6.42 Å². The molecule has 0 saturated carbocycles. The van der Waals surface area contributed by atoms with E-state index in [1.807, 2.05) is 0 Å². The Bertz CT molecular complexity index is 345. The minimum Gasteiger partial charge on any atom is -0.481 e. The van der Waals surface area contributed by atoms with E-state index in [9.17, 15) is 4.79 Å². The summed E-state index contributed by atoms with van der Waals surface area (Å²) in [5, 5.41) is 9.62. The van der Waals surface area contributed by atoms with Crippen LogP contribution < -0.4 is 4.90 Å². The maximum absolute atomic E-state index is 10.4. The molecule has 1 saturated heterocycles. The van der Waals surface area contributed by atoms with Crippen molar-refractivity contribution in [1.29, 1.82) is 0 Å². The molecule has 15 heavy (non-hydrogen) atoms. The van der Waals surface area contributed by atoms with Crippen LogP contribution in [-0.4, -0.2) is 29.1 Å². The van der Waals surface area contributed by atoms with Gasteiger partial charge in [0.05, 0.1) is 6.42 Å². The summed E-state index contributed by atoms with van der Waals surface area (Å²) >= 11 is 1.62. The topological polar surface area (TPSA) is 53.4 Å². The SMILES string of the molecule is O=C(O)CCc1cnc(N2CCCC2)s1. The molecule has 1 aromatic rings. The van der Waals surface area contributed by atoms with Crippen molar-refractivity contribution in [3.05, 3.63) is 11.1 Å². The molecular formula is C10H14N2O2S. The number of thiazole rings is 1. The second-order valence-electron chi connectivity index (χ2n) is 3.70. The van der Waals surface area contributed by atoms with E-state index >= 15 is 0 Å². The highest BCUT2D eigenvalue weighted by Gasteiger charge is 2.15. The molecule has 0 aliphatic carbocycles. The Labute approximate surface area is 92.6 Å². The number of carboxylic acid groups (broad SMARTS) is 1. The number of aromatic nitrogens is 1. The van der Waals surface area contributed by atoms with E-state index in [0.717, 1.165) is 23.1 Å². The number of aliphatic carboxylic acids is 1. The van der Waals surface area contributed by atoms with E-state index < -0.39 is 5.97 Å². The molecule has 1 aliphatic heterocycles. The zero-order valence-electron chi connectivity index (χ0n) is 8.48. The van der Waals surface area contributed by atoms with Gasteiger partial charge in [0, 0.05) is 24.2 Å². The third-order valence-corrected chi connectivity index (χ3v) is 3.62. The van der Waals surface area contributed by atoms with Gasteiger partial charge in [-0.25, -0.2) is 4.98 Å². The molecule has 0 spiro atoms. The molecule has 1 aromatic heterocycles. The minimum absolute atomic E-state index is 0.196. The molecule has 0 amide bonds. The summed E-state index contributed by atoms with van der Waals surface area (Å²) in [7, 11) is 0. The summed E-state index contributed by atoms with van der Waals surface area (Å²) in [6.07, 6.45) is 5.08. The van der Waals surface area contributed by atoms with E-state index in [1.165, 1.54) is 12.8 Å². The highest BCUT2D eigenvalue weighted by molar-refractivity contribution is 7.15. The van der Waals surface area contributed by atoms with Crippen LogP contribution in [-0.2, 0) is 11.2 Å². The predicted octanol–water partition coefficient (Wildman–Crippen LogP) is 1.76. The van der Waals surface area contributed by atoms with Crippen LogP contribution in [0.3, 0.4) is 0 Å². The summed E-state index contributed by atoms with van der Waals surface area (Å²) in [5.74, 6) is -0.744. The Morgan fingerprint density at radius 3 is 2.93 bits per heavy atom. The molecule has 0 bridgehead atoms. The summed E-state index contributed by atoms with van der Waals surface area (Å²) in [4.78, 5) is 18.1. The third-order valence-electron chi connectivity index (χ3n) is 2.50. The molecule has 0 atom stereocenters. The van der Waals surface area contributed by atoms with E-state index in [1.54, 1.807) is 17.5 Å². The number of rotatable bonds is 4. The largest absolute Gasteiger partial charge is 0.481 e. The Hall–Kier alpha value is -1.10. The lowest BCUT2D eigenvalue weighted by atomic mass is 10.3. The van der Waals surface area contributed by atoms with Crippen molar-refractivity contribution in [3.63, 3.8) is 0 Å². The van der Waals surface area contributed by atoms with Gasteiger partial charge in [0.15, 0.2) is 5.13 Å². The van der Waals surface area contributed by atoms with Crippen molar-refractivity contribution in [1.82, 2.24) is 4.98 Å². The minimum atomic E-state index is -0.744. The maximum Gasteiger partial charge on any atom is 0.303 e. The lowest BCUT2D eigenvalue weighted by molar-refractivity contribution is -0.136. The number of hydrogen-bond acceptors (Lipinski definition) is 4. The van der Waals surface area contributed by atoms with Crippen LogP contribution in [0, 0.1) is 0 Å². The second-order valence-corrected chi connectivity index (χ2v) is 4.79. The lowest BCUT2D eigenvalue weighted by Gasteiger charge is -2.11. The van der Waals surface area contributed by atoms with Crippen molar-refractivity contribution in [2.75, 3.05) is 18.0 Å². The highest BCUT2D eigenvalue weighted by atomic mass is 32.1. The average Bonchev–Trinajstić information content (AvgIpc) is 2.85. The first-order chi connectivity index (χ1) is 7.25. The fourth-order valence-corrected chi connectivity index (χ4v) is 2.66. The summed E-state index contributed by atoms with van der Waals surface area (Å²) in [6.45, 7) is 2.18. The second kappa shape index (κ2) is 4.61. The monoisotopic (exact) mass is 226 g/mol. The highest BCUT2D eigenvalue weighted by Crippen LogP contribution is 2.26. The molecule has 2 rings (SSSR count). The van der Waals surface area contributed by atoms with Gasteiger partial charge in [-0.3, -0.25) is 4.79 Å². The van der Waals surface area contributed by atoms with Gasteiger partial charge in [0.25, 0.3) is 0 Å². The third kappa shape index (κ3) is 2.68. The van der Waals surface area contributed by atoms with Crippen LogP contribution in [0.1, 0.15) is 24.1 Å². The van der Waals surface area contributed by atoms with Gasteiger partial charge in [0.2, 0.25) is 0 Å². The number of anilines is 1. The number of nitrogens with zero attached hydrogens (tertiary/aromatic N) is 2. The Morgan fingerprint density at radius 1 is 1.53 bits per heavy atom. The Balaban J connectivity index is 1.94. The van der Waals surface area contributed by atoms with Crippen molar-refractivity contribution >= 4 is 22.4 Å². The Morgan fingerprint density at radius 2 is 2.27 bits per heavy atom. The number of carbonyl (C=O) groups is 1. The van der Waals surface area contributed by atoms with Crippen molar-refractivity contribution in [3.8, 4) is 0 Å². The molecule has 82 valence electrons. The van der Waals surface area contributed by atoms with Gasteiger partial charge in [-0.15, -0.1) is 11.3 Å². The van der Waals surface area contributed by atoms with Crippen molar-refractivity contribution in [2.24, 2.45) is 0 Å². The summed E-state index contributed by atoms with van der Waals surface area (Å²) in [6, 6.07) is 0. The van der Waals surface area contributed by atoms with Crippen LogP contribution in [0.5, 0.6) is 0 Å². The standard InChI is InChI=1S/C10H14N2O2S/c13-9(14)4-3-8-7-11-10(15-8)12-5-1-2-6-12/h7H,1-6H2,(H,13,14). The molecular weight excluding hydrogens is 212 g/mol. The molecule has 5 heteroatoms. The fourth-order valence-electron chi connectivity index (χ4n) is 1.70. The van der Waals surface area contributed by atoms with E-state index in [2.05, 4.69) is 9.88 Å². The van der Waals surface area contributed by atoms with Crippen LogP contribution in [0.25, 0.3) is 0 Å². The Kier molecular flexibility index (Phi) is 3.20. The zero-order valence-corrected chi connectivity index (χ0v) is 9.29. The van der Waals surface area contributed by atoms with Gasteiger partial charge < -0.3 is 10.0 Å². The number of hydrogen-bond donors (Lipinski definition) is 1. The molecule has 0 unspecified atom stereocenters. The van der Waals surface area contributed by atoms with Gasteiger partial charge in [-0.2, -0.15) is 0 Å². The quantitative estimate of drug-likeness (QED) is 0.850. The van der Waals surface area contributed by atoms with Gasteiger partial charge in [0.1, 0.15) is 0 Å². The first-order valence-electron chi connectivity index (χ1n) is 5.17.